The summed E-state index contributed by atoms with van der Waals surface area (Å²) < 4.78 is 6.24. The van der Waals surface area contributed by atoms with Gasteiger partial charge in [0.25, 0.3) is 11.8 Å². The average molecular weight is 641 g/mol. The van der Waals surface area contributed by atoms with Crippen molar-refractivity contribution in [2.75, 3.05) is 18.1 Å². The number of thioether (sulfide) groups is 2. The van der Waals surface area contributed by atoms with Gasteiger partial charge in [0.2, 0.25) is 5.91 Å². The van der Waals surface area contributed by atoms with Gasteiger partial charge in [0.05, 0.1) is 38.1 Å². The quantitative estimate of drug-likeness (QED) is 0.129. The second-order valence-electron chi connectivity index (χ2n) is 11.0. The molecule has 3 aliphatic heterocycles. The summed E-state index contributed by atoms with van der Waals surface area (Å²) in [6, 6.07) is 22.1. The number of carbonyl (C=O) groups is 4. The van der Waals surface area contributed by atoms with Crippen LogP contribution in [-0.2, 0) is 14.3 Å². The van der Waals surface area contributed by atoms with Crippen molar-refractivity contribution >= 4 is 80.5 Å². The van der Waals surface area contributed by atoms with E-state index in [1.807, 2.05) is 69.3 Å². The van der Waals surface area contributed by atoms with Crippen LogP contribution >= 0.6 is 35.7 Å². The van der Waals surface area contributed by atoms with Gasteiger partial charge >= 0.3 is 5.97 Å². The molecule has 0 fully saturated rings. The summed E-state index contributed by atoms with van der Waals surface area (Å²) in [5.41, 5.74) is 3.53. The number of anilines is 1. The van der Waals surface area contributed by atoms with Crippen LogP contribution in [0.2, 0.25) is 0 Å². The van der Waals surface area contributed by atoms with Crippen molar-refractivity contribution in [3.63, 3.8) is 0 Å². The van der Waals surface area contributed by atoms with Gasteiger partial charge in [0, 0.05) is 16.0 Å². The number of hydrogen-bond acceptors (Lipinski definition) is 8. The number of hydrogen-bond donors (Lipinski definition) is 0. The van der Waals surface area contributed by atoms with Gasteiger partial charge in [-0.25, -0.2) is 4.79 Å². The Hall–Kier alpha value is -3.99. The summed E-state index contributed by atoms with van der Waals surface area (Å²) in [7, 11) is 0. The van der Waals surface area contributed by atoms with Crippen molar-refractivity contribution in [2.45, 2.75) is 33.2 Å². The number of imide groups is 1. The average Bonchev–Trinajstić information content (AvgIpc) is 3.54. The van der Waals surface area contributed by atoms with Gasteiger partial charge in [-0.3, -0.25) is 24.2 Å². The number of carbonyl (C=O) groups excluding carboxylic acids is 4. The van der Waals surface area contributed by atoms with E-state index in [1.54, 1.807) is 36.1 Å². The summed E-state index contributed by atoms with van der Waals surface area (Å²) in [6.07, 6.45) is 0. The Morgan fingerprint density at radius 1 is 0.886 bits per heavy atom. The minimum Gasteiger partial charge on any atom is -0.462 e. The summed E-state index contributed by atoms with van der Waals surface area (Å²) in [5.74, 6) is -1.81. The number of fused-ring (bicyclic) bond motifs is 2. The summed E-state index contributed by atoms with van der Waals surface area (Å²) in [6.45, 7) is 7.27. The molecule has 3 amide bonds. The molecule has 0 bridgehead atoms. The minimum absolute atomic E-state index is 0.249. The standard InChI is InChI=1S/C34H28N2O5S3/c1-5-41-32(40)28-27(20-11-7-6-8-12-20)43-33(44-28)26-23-16-15-19(2)17-24(23)36(34(3,4)29(26)42)25(37)18-35-30(38)21-13-9-10-14-22(21)31(35)39/h6-17H,5,18H2,1-4H3/b33-26-. The minimum atomic E-state index is -1.01. The molecule has 0 aromatic heterocycles. The molecule has 0 radical (unpaired) electrons. The third-order valence-corrected chi connectivity index (χ3v) is 11.1. The van der Waals surface area contributed by atoms with Crippen LogP contribution in [-0.4, -0.2) is 52.1 Å². The SMILES string of the molecule is CCOC(=O)C1=C(c2ccccc2)S/C(=C2/C(=S)C(C)(C)N(C(=O)CN3C(=O)c4ccccc4C3=O)c3cc(C)ccc32)S1. The van der Waals surface area contributed by atoms with Crippen LogP contribution < -0.4 is 4.90 Å². The first-order valence-corrected chi connectivity index (χ1v) is 16.1. The maximum atomic E-state index is 14.1. The Kier molecular flexibility index (Phi) is 7.85. The molecule has 6 rings (SSSR count). The van der Waals surface area contributed by atoms with Crippen LogP contribution in [0.25, 0.3) is 10.5 Å². The smallest absolute Gasteiger partial charge is 0.346 e. The van der Waals surface area contributed by atoms with Crippen LogP contribution in [0.15, 0.2) is 81.9 Å². The number of thiocarbonyl (C=S) groups is 1. The molecule has 0 N–H and O–H groups in total. The second-order valence-corrected chi connectivity index (χ2v) is 13.7. The lowest BCUT2D eigenvalue weighted by Crippen LogP contribution is -2.58. The molecule has 0 saturated heterocycles. The first-order valence-electron chi connectivity index (χ1n) is 14.1. The first-order chi connectivity index (χ1) is 21.0. The highest BCUT2D eigenvalue weighted by Crippen LogP contribution is 2.58. The Labute approximate surface area is 269 Å². The fraction of sp³-hybridized carbons (Fsp3) is 0.206. The Morgan fingerprint density at radius 3 is 2.16 bits per heavy atom. The molecule has 3 aromatic rings. The van der Waals surface area contributed by atoms with Gasteiger partial charge in [-0.1, -0.05) is 90.3 Å². The number of aryl methyl sites for hydroxylation is 1. The van der Waals surface area contributed by atoms with E-state index < -0.39 is 35.8 Å². The molecule has 3 aromatic carbocycles. The van der Waals surface area contributed by atoms with E-state index >= 15 is 0 Å². The molecule has 10 heteroatoms. The molecular weight excluding hydrogens is 613 g/mol. The van der Waals surface area contributed by atoms with Crippen molar-refractivity contribution in [3.05, 3.63) is 110 Å². The van der Waals surface area contributed by atoms with Crippen molar-refractivity contribution in [3.8, 4) is 0 Å². The predicted octanol–water partition coefficient (Wildman–Crippen LogP) is 6.87. The number of rotatable bonds is 5. The zero-order valence-corrected chi connectivity index (χ0v) is 27.0. The number of nitrogens with zero attached hydrogens (tertiary/aromatic N) is 2. The van der Waals surface area contributed by atoms with E-state index in [2.05, 4.69) is 0 Å². The largest absolute Gasteiger partial charge is 0.462 e. The highest BCUT2D eigenvalue weighted by Gasteiger charge is 2.47. The third-order valence-electron chi connectivity index (χ3n) is 7.72. The lowest BCUT2D eigenvalue weighted by molar-refractivity contribution is -0.137. The highest BCUT2D eigenvalue weighted by molar-refractivity contribution is 8.32. The Bertz CT molecular complexity index is 1810. The van der Waals surface area contributed by atoms with Crippen molar-refractivity contribution < 1.29 is 23.9 Å². The Morgan fingerprint density at radius 2 is 1.52 bits per heavy atom. The molecule has 0 aliphatic carbocycles. The molecule has 0 spiro atoms. The van der Waals surface area contributed by atoms with Gasteiger partial charge in [0.15, 0.2) is 0 Å². The van der Waals surface area contributed by atoms with Gasteiger partial charge in [-0.15, -0.1) is 0 Å². The third kappa shape index (κ3) is 4.91. The molecule has 44 heavy (non-hydrogen) atoms. The molecule has 0 unspecified atom stereocenters. The van der Waals surface area contributed by atoms with Gasteiger partial charge in [-0.2, -0.15) is 0 Å². The maximum Gasteiger partial charge on any atom is 0.346 e. The van der Waals surface area contributed by atoms with Crippen LogP contribution in [0.5, 0.6) is 0 Å². The van der Waals surface area contributed by atoms with E-state index in [-0.39, 0.29) is 17.7 Å². The highest BCUT2D eigenvalue weighted by atomic mass is 32.2. The molecule has 7 nitrogen and oxygen atoms in total. The van der Waals surface area contributed by atoms with E-state index in [1.165, 1.54) is 23.5 Å². The van der Waals surface area contributed by atoms with Crippen molar-refractivity contribution in [2.24, 2.45) is 0 Å². The lowest BCUT2D eigenvalue weighted by atomic mass is 9.83. The number of esters is 1. The fourth-order valence-corrected chi connectivity index (χ4v) is 8.75. The zero-order chi connectivity index (χ0) is 31.3. The number of benzene rings is 3. The van der Waals surface area contributed by atoms with Crippen molar-refractivity contribution in [1.82, 2.24) is 4.90 Å². The molecule has 3 heterocycles. The van der Waals surface area contributed by atoms with Gasteiger partial charge in [0.1, 0.15) is 11.4 Å². The molecule has 0 saturated carbocycles. The monoisotopic (exact) mass is 640 g/mol. The van der Waals surface area contributed by atoms with Gasteiger partial charge < -0.3 is 4.74 Å². The maximum absolute atomic E-state index is 14.1. The fourth-order valence-electron chi connectivity index (χ4n) is 5.62. The van der Waals surface area contributed by atoms with E-state index in [0.29, 0.717) is 15.5 Å². The van der Waals surface area contributed by atoms with Gasteiger partial charge in [-0.05, 0) is 57.0 Å². The second kappa shape index (κ2) is 11.5. The summed E-state index contributed by atoms with van der Waals surface area (Å²) in [4.78, 5) is 57.9. The van der Waals surface area contributed by atoms with Crippen LogP contribution in [0.1, 0.15) is 58.2 Å². The van der Waals surface area contributed by atoms with Crippen molar-refractivity contribution in [1.29, 1.82) is 0 Å². The van der Waals surface area contributed by atoms with E-state index in [9.17, 15) is 19.2 Å². The number of ether oxygens (including phenoxy) is 1. The molecule has 222 valence electrons. The van der Waals surface area contributed by atoms with Crippen LogP contribution in [0.4, 0.5) is 5.69 Å². The first kappa shape index (κ1) is 30.1. The summed E-state index contributed by atoms with van der Waals surface area (Å²) >= 11 is 8.94. The molecule has 0 atom stereocenters. The number of amides is 3. The molecular formula is C34H28N2O5S3. The zero-order valence-electron chi connectivity index (χ0n) is 24.5. The van der Waals surface area contributed by atoms with Crippen LogP contribution in [0.3, 0.4) is 0 Å². The predicted molar refractivity (Wildman–Crippen MR) is 179 cm³/mol. The molecule has 3 aliphatic rings. The Balaban J connectivity index is 1.42. The topological polar surface area (TPSA) is 84.0 Å². The van der Waals surface area contributed by atoms with E-state index in [0.717, 1.165) is 36.3 Å². The van der Waals surface area contributed by atoms with E-state index in [4.69, 9.17) is 17.0 Å². The van der Waals surface area contributed by atoms with Crippen LogP contribution in [0, 0.1) is 6.92 Å². The normalized spacial score (nSPS) is 19.0. The summed E-state index contributed by atoms with van der Waals surface area (Å²) in [5, 5.41) is 0. The lowest BCUT2D eigenvalue weighted by Gasteiger charge is -2.45.